The second kappa shape index (κ2) is 5.25. The molecule has 3 rings (SSSR count). The van der Waals surface area contributed by atoms with E-state index in [1.165, 1.54) is 0 Å². The van der Waals surface area contributed by atoms with Crippen LogP contribution in [0.5, 0.6) is 5.75 Å². The molecule has 20 heavy (non-hydrogen) atoms. The third-order valence-corrected chi connectivity index (χ3v) is 4.06. The van der Waals surface area contributed by atoms with Crippen molar-refractivity contribution in [3.05, 3.63) is 41.5 Å². The fourth-order valence-electron chi connectivity index (χ4n) is 2.41. The summed E-state index contributed by atoms with van der Waals surface area (Å²) in [6.45, 7) is 4.76. The average molecular weight is 273 g/mol. The third kappa shape index (κ3) is 2.18. The van der Waals surface area contributed by atoms with Gasteiger partial charge in [-0.2, -0.15) is 4.98 Å². The highest BCUT2D eigenvalue weighted by molar-refractivity contribution is 5.42. The Kier molecular flexibility index (Phi) is 3.44. The molecular weight excluding hydrogens is 254 g/mol. The molecule has 106 valence electrons. The minimum Gasteiger partial charge on any atom is -0.492 e. The molecule has 1 aliphatic rings. The van der Waals surface area contributed by atoms with E-state index in [0.717, 1.165) is 11.3 Å². The van der Waals surface area contributed by atoms with E-state index in [9.17, 15) is 0 Å². The van der Waals surface area contributed by atoms with E-state index in [0.29, 0.717) is 18.3 Å². The summed E-state index contributed by atoms with van der Waals surface area (Å²) in [5, 5.41) is 7.35. The summed E-state index contributed by atoms with van der Waals surface area (Å²) >= 11 is 0. The van der Waals surface area contributed by atoms with Crippen molar-refractivity contribution in [3.8, 4) is 5.75 Å². The lowest BCUT2D eigenvalue weighted by Crippen LogP contribution is -2.27. The average Bonchev–Trinajstić information content (AvgIpc) is 3.11. The minimum atomic E-state index is 0.0702. The van der Waals surface area contributed by atoms with Crippen LogP contribution in [0.4, 0.5) is 0 Å². The lowest BCUT2D eigenvalue weighted by molar-refractivity contribution is 0.321. The van der Waals surface area contributed by atoms with Gasteiger partial charge in [-0.15, -0.1) is 0 Å². The van der Waals surface area contributed by atoms with Crippen molar-refractivity contribution in [3.63, 3.8) is 0 Å². The lowest BCUT2D eigenvalue weighted by Gasteiger charge is -2.14. The van der Waals surface area contributed by atoms with Crippen molar-refractivity contribution in [2.45, 2.75) is 31.7 Å². The van der Waals surface area contributed by atoms with Crippen molar-refractivity contribution in [1.82, 2.24) is 15.5 Å². The molecule has 3 atom stereocenters. The number of hydrogen-bond acceptors (Lipinski definition) is 5. The van der Waals surface area contributed by atoms with E-state index in [2.05, 4.69) is 35.4 Å². The van der Waals surface area contributed by atoms with Crippen molar-refractivity contribution in [2.24, 2.45) is 0 Å². The van der Waals surface area contributed by atoms with Crippen molar-refractivity contribution < 1.29 is 9.26 Å². The molecule has 1 aromatic heterocycles. The fourth-order valence-corrected chi connectivity index (χ4v) is 2.41. The number of aromatic nitrogens is 2. The number of para-hydroxylation sites is 1. The molecule has 0 bridgehead atoms. The van der Waals surface area contributed by atoms with Crippen LogP contribution in [0.1, 0.15) is 43.0 Å². The number of benzene rings is 1. The minimum absolute atomic E-state index is 0.0702. The zero-order valence-electron chi connectivity index (χ0n) is 12.0. The summed E-state index contributed by atoms with van der Waals surface area (Å²) in [6, 6.07) is 8.30. The number of ether oxygens (including phenoxy) is 1. The Labute approximate surface area is 118 Å². The van der Waals surface area contributed by atoms with Gasteiger partial charge in [0.15, 0.2) is 5.82 Å². The Hall–Kier alpha value is -1.88. The van der Waals surface area contributed by atoms with Gasteiger partial charge in [0.25, 0.3) is 0 Å². The Morgan fingerprint density at radius 1 is 1.30 bits per heavy atom. The first kappa shape index (κ1) is 13.1. The summed E-state index contributed by atoms with van der Waals surface area (Å²) in [7, 11) is 1.93. The molecule has 1 aliphatic heterocycles. The van der Waals surface area contributed by atoms with Gasteiger partial charge in [0.05, 0.1) is 11.8 Å². The van der Waals surface area contributed by atoms with Crippen LogP contribution in [0.3, 0.4) is 0 Å². The van der Waals surface area contributed by atoms with Crippen LogP contribution < -0.4 is 10.1 Å². The number of hydrogen-bond donors (Lipinski definition) is 1. The third-order valence-electron chi connectivity index (χ3n) is 4.06. The predicted molar refractivity (Wildman–Crippen MR) is 75.0 cm³/mol. The van der Waals surface area contributed by atoms with E-state index in [1.54, 1.807) is 0 Å². The van der Waals surface area contributed by atoms with Gasteiger partial charge in [-0.1, -0.05) is 30.3 Å². The second-order valence-electron chi connectivity index (χ2n) is 5.26. The van der Waals surface area contributed by atoms with E-state index >= 15 is 0 Å². The second-order valence-corrected chi connectivity index (χ2v) is 5.26. The summed E-state index contributed by atoms with van der Waals surface area (Å²) in [5.74, 6) is 2.55. The molecule has 0 spiro atoms. The van der Waals surface area contributed by atoms with Gasteiger partial charge in [-0.25, -0.2) is 0 Å². The quantitative estimate of drug-likeness (QED) is 0.926. The molecule has 0 fully saturated rings. The van der Waals surface area contributed by atoms with Crippen LogP contribution in [0, 0.1) is 0 Å². The van der Waals surface area contributed by atoms with Gasteiger partial charge >= 0.3 is 0 Å². The number of rotatable bonds is 4. The molecule has 0 radical (unpaired) electrons. The van der Waals surface area contributed by atoms with E-state index in [-0.39, 0.29) is 17.9 Å². The van der Waals surface area contributed by atoms with E-state index in [1.807, 2.05) is 25.2 Å². The van der Waals surface area contributed by atoms with Crippen LogP contribution in [0.2, 0.25) is 0 Å². The van der Waals surface area contributed by atoms with Crippen molar-refractivity contribution in [2.75, 3.05) is 13.7 Å². The molecule has 1 aromatic carbocycles. The van der Waals surface area contributed by atoms with Crippen LogP contribution in [-0.2, 0) is 0 Å². The first-order chi connectivity index (χ1) is 9.70. The Bertz CT molecular complexity index is 596. The van der Waals surface area contributed by atoms with Crippen molar-refractivity contribution in [1.29, 1.82) is 0 Å². The van der Waals surface area contributed by atoms with Crippen LogP contribution in [-0.4, -0.2) is 29.8 Å². The molecule has 0 saturated carbocycles. The van der Waals surface area contributed by atoms with Crippen LogP contribution >= 0.6 is 0 Å². The van der Waals surface area contributed by atoms with Gasteiger partial charge in [0.2, 0.25) is 5.89 Å². The molecule has 0 aliphatic carbocycles. The van der Waals surface area contributed by atoms with Crippen molar-refractivity contribution >= 4 is 0 Å². The van der Waals surface area contributed by atoms with E-state index in [4.69, 9.17) is 9.26 Å². The normalized spacial score (nSPS) is 20.2. The summed E-state index contributed by atoms with van der Waals surface area (Å²) in [6.07, 6.45) is 0. The number of likely N-dealkylation sites (N-methyl/N-ethyl adjacent to an activating group) is 1. The predicted octanol–water partition coefficient (Wildman–Crippen LogP) is 2.31. The summed E-state index contributed by atoms with van der Waals surface area (Å²) < 4.78 is 11.1. The topological polar surface area (TPSA) is 60.2 Å². The van der Waals surface area contributed by atoms with Gasteiger partial charge in [0, 0.05) is 11.6 Å². The zero-order valence-corrected chi connectivity index (χ0v) is 12.0. The molecule has 3 unspecified atom stereocenters. The van der Waals surface area contributed by atoms with Gasteiger partial charge in [-0.3, -0.25) is 0 Å². The number of nitrogens with zero attached hydrogens (tertiary/aromatic N) is 2. The monoisotopic (exact) mass is 273 g/mol. The van der Waals surface area contributed by atoms with Crippen LogP contribution in [0.15, 0.2) is 28.8 Å². The molecule has 1 N–H and O–H groups in total. The number of fused-ring (bicyclic) bond motifs is 1. The Balaban J connectivity index is 1.85. The maximum absolute atomic E-state index is 5.67. The molecule has 2 heterocycles. The standard InChI is InChI=1S/C15H19N3O2/c1-9(10(2)16-3)15-17-14(18-20-15)12-8-19-13-7-5-4-6-11(12)13/h4-7,9-10,12,16H,8H2,1-3H3. The fraction of sp³-hybridized carbons (Fsp3) is 0.467. The molecule has 0 amide bonds. The zero-order chi connectivity index (χ0) is 14.1. The van der Waals surface area contributed by atoms with Crippen LogP contribution in [0.25, 0.3) is 0 Å². The highest BCUT2D eigenvalue weighted by Gasteiger charge is 2.30. The summed E-state index contributed by atoms with van der Waals surface area (Å²) in [5.41, 5.74) is 1.13. The highest BCUT2D eigenvalue weighted by atomic mass is 16.5. The lowest BCUT2D eigenvalue weighted by atomic mass is 10.0. The Morgan fingerprint density at radius 2 is 2.10 bits per heavy atom. The smallest absolute Gasteiger partial charge is 0.231 e. The van der Waals surface area contributed by atoms with Gasteiger partial charge < -0.3 is 14.6 Å². The largest absolute Gasteiger partial charge is 0.492 e. The maximum Gasteiger partial charge on any atom is 0.231 e. The van der Waals surface area contributed by atoms with Gasteiger partial charge in [0.1, 0.15) is 12.4 Å². The molecule has 5 nitrogen and oxygen atoms in total. The molecular formula is C15H19N3O2. The molecule has 2 aromatic rings. The van der Waals surface area contributed by atoms with E-state index < -0.39 is 0 Å². The highest BCUT2D eigenvalue weighted by Crippen LogP contribution is 2.36. The van der Waals surface area contributed by atoms with Gasteiger partial charge in [-0.05, 0) is 20.0 Å². The maximum atomic E-state index is 5.67. The summed E-state index contributed by atoms with van der Waals surface area (Å²) in [4.78, 5) is 4.56. The SMILES string of the molecule is CNC(C)C(C)c1nc(C2COc3ccccc32)no1. The first-order valence-corrected chi connectivity index (χ1v) is 6.93. The molecule has 5 heteroatoms. The Morgan fingerprint density at radius 3 is 2.90 bits per heavy atom. The number of nitrogens with one attached hydrogen (secondary N) is 1. The molecule has 0 saturated heterocycles. The first-order valence-electron chi connectivity index (χ1n) is 6.93.